The third-order valence-corrected chi connectivity index (χ3v) is 4.95. The highest BCUT2D eigenvalue weighted by atomic mass is 32.1. The van der Waals surface area contributed by atoms with E-state index in [4.69, 9.17) is 0 Å². The minimum Gasteiger partial charge on any atom is -0.391 e. The van der Waals surface area contributed by atoms with Gasteiger partial charge in [-0.2, -0.15) is 9.61 Å². The van der Waals surface area contributed by atoms with Crippen molar-refractivity contribution >= 4 is 16.3 Å². The normalized spacial score (nSPS) is 23.0. The molecule has 2 aromatic rings. The van der Waals surface area contributed by atoms with Crippen LogP contribution in [-0.2, 0) is 6.54 Å². The molecule has 21 heavy (non-hydrogen) atoms. The topological polar surface area (TPSA) is 70.7 Å². The summed E-state index contributed by atoms with van der Waals surface area (Å²) in [6.07, 6.45) is 3.88. The zero-order chi connectivity index (χ0) is 15.0. The van der Waals surface area contributed by atoms with E-state index in [1.54, 1.807) is 0 Å². The maximum atomic E-state index is 11.9. The molecule has 0 aromatic carbocycles. The highest BCUT2D eigenvalue weighted by Gasteiger charge is 2.27. The third-order valence-electron chi connectivity index (χ3n) is 4.06. The third kappa shape index (κ3) is 3.00. The average molecular weight is 308 g/mol. The van der Waals surface area contributed by atoms with Crippen molar-refractivity contribution in [2.45, 2.75) is 51.3 Å². The molecule has 1 N–H and O–H groups in total. The van der Waals surface area contributed by atoms with Crippen LogP contribution in [0.3, 0.4) is 0 Å². The van der Waals surface area contributed by atoms with Crippen LogP contribution in [0.4, 0.5) is 0 Å². The SMILES string of the molecule is Cc1cc(=O)n2nc(CN(C)C3CCCCC3O)sc2n1. The lowest BCUT2D eigenvalue weighted by atomic mass is 9.92. The van der Waals surface area contributed by atoms with Crippen molar-refractivity contribution in [3.63, 3.8) is 0 Å². The van der Waals surface area contributed by atoms with Gasteiger partial charge in [-0.3, -0.25) is 9.69 Å². The number of hydrogen-bond acceptors (Lipinski definition) is 6. The van der Waals surface area contributed by atoms with E-state index in [1.807, 2.05) is 14.0 Å². The number of rotatable bonds is 3. The number of hydrogen-bond donors (Lipinski definition) is 1. The number of aliphatic hydroxyl groups excluding tert-OH is 1. The molecule has 114 valence electrons. The van der Waals surface area contributed by atoms with Gasteiger partial charge in [-0.1, -0.05) is 24.2 Å². The lowest BCUT2D eigenvalue weighted by molar-refractivity contribution is 0.0287. The number of likely N-dealkylation sites (N-methyl/N-ethyl adjacent to an activating group) is 1. The molecule has 2 heterocycles. The van der Waals surface area contributed by atoms with Gasteiger partial charge in [0.25, 0.3) is 5.56 Å². The Kier molecular flexibility index (Phi) is 4.05. The molecular weight excluding hydrogens is 288 g/mol. The maximum Gasteiger partial charge on any atom is 0.275 e. The molecule has 7 heteroatoms. The van der Waals surface area contributed by atoms with E-state index >= 15 is 0 Å². The monoisotopic (exact) mass is 308 g/mol. The zero-order valence-electron chi connectivity index (χ0n) is 12.3. The Morgan fingerprint density at radius 2 is 2.24 bits per heavy atom. The van der Waals surface area contributed by atoms with Crippen molar-refractivity contribution in [3.05, 3.63) is 27.1 Å². The van der Waals surface area contributed by atoms with E-state index in [1.165, 1.54) is 21.9 Å². The number of aromatic nitrogens is 3. The van der Waals surface area contributed by atoms with Crippen LogP contribution in [-0.4, -0.2) is 43.8 Å². The smallest absolute Gasteiger partial charge is 0.275 e. The summed E-state index contributed by atoms with van der Waals surface area (Å²) in [5.41, 5.74) is 0.576. The van der Waals surface area contributed by atoms with Crippen LogP contribution in [0.1, 0.15) is 36.4 Å². The Bertz CT molecular complexity index is 696. The summed E-state index contributed by atoms with van der Waals surface area (Å²) in [4.78, 5) is 19.0. The molecule has 1 aliphatic carbocycles. The van der Waals surface area contributed by atoms with Crippen LogP contribution >= 0.6 is 11.3 Å². The highest BCUT2D eigenvalue weighted by Crippen LogP contribution is 2.24. The van der Waals surface area contributed by atoms with E-state index in [0.717, 1.165) is 30.7 Å². The summed E-state index contributed by atoms with van der Waals surface area (Å²) < 4.78 is 1.36. The number of nitrogens with zero attached hydrogens (tertiary/aromatic N) is 4. The van der Waals surface area contributed by atoms with Crippen LogP contribution in [0, 0.1) is 6.92 Å². The molecule has 0 spiro atoms. The van der Waals surface area contributed by atoms with Crippen LogP contribution < -0.4 is 5.56 Å². The van der Waals surface area contributed by atoms with E-state index in [2.05, 4.69) is 15.0 Å². The molecular formula is C14H20N4O2S. The van der Waals surface area contributed by atoms with Gasteiger partial charge in [-0.05, 0) is 26.8 Å². The molecule has 6 nitrogen and oxygen atoms in total. The standard InChI is InChI=1S/C14H20N4O2S/c1-9-7-13(20)18-14(15-9)21-12(16-18)8-17(2)10-5-3-4-6-11(10)19/h7,10-11,19H,3-6,8H2,1-2H3. The molecule has 0 aliphatic heterocycles. The van der Waals surface area contributed by atoms with E-state index in [9.17, 15) is 9.90 Å². The second-order valence-corrected chi connectivity index (χ2v) is 6.80. The fourth-order valence-corrected chi connectivity index (χ4v) is 3.97. The van der Waals surface area contributed by atoms with Crippen molar-refractivity contribution in [2.24, 2.45) is 0 Å². The summed E-state index contributed by atoms with van der Waals surface area (Å²) >= 11 is 1.44. The van der Waals surface area contributed by atoms with Gasteiger partial charge in [0.05, 0.1) is 12.6 Å². The van der Waals surface area contributed by atoms with Crippen LogP contribution in [0.5, 0.6) is 0 Å². The first-order valence-corrected chi connectivity index (χ1v) is 8.11. The van der Waals surface area contributed by atoms with Crippen molar-refractivity contribution in [3.8, 4) is 0 Å². The minimum absolute atomic E-state index is 0.139. The van der Waals surface area contributed by atoms with Gasteiger partial charge >= 0.3 is 0 Å². The summed E-state index contributed by atoms with van der Waals surface area (Å²) in [6, 6.07) is 1.67. The quantitative estimate of drug-likeness (QED) is 0.922. The predicted molar refractivity (Wildman–Crippen MR) is 81.6 cm³/mol. The maximum absolute atomic E-state index is 11.9. The van der Waals surface area contributed by atoms with Gasteiger partial charge in [0.15, 0.2) is 0 Å². The molecule has 0 amide bonds. The Morgan fingerprint density at radius 1 is 1.48 bits per heavy atom. The Hall–Kier alpha value is -1.31. The van der Waals surface area contributed by atoms with Gasteiger partial charge in [-0.15, -0.1) is 0 Å². The second kappa shape index (κ2) is 5.82. The van der Waals surface area contributed by atoms with Gasteiger partial charge in [-0.25, -0.2) is 4.98 Å². The van der Waals surface area contributed by atoms with Crippen LogP contribution in [0.15, 0.2) is 10.9 Å². The van der Waals surface area contributed by atoms with Crippen LogP contribution in [0.2, 0.25) is 0 Å². The largest absolute Gasteiger partial charge is 0.391 e. The fraction of sp³-hybridized carbons (Fsp3) is 0.643. The van der Waals surface area contributed by atoms with Gasteiger partial charge in [0.2, 0.25) is 4.96 Å². The molecule has 2 atom stereocenters. The van der Waals surface area contributed by atoms with Gasteiger partial charge in [0, 0.05) is 17.8 Å². The second-order valence-electron chi connectivity index (χ2n) is 5.76. The Labute approximate surface area is 127 Å². The van der Waals surface area contributed by atoms with E-state index < -0.39 is 0 Å². The first-order chi connectivity index (χ1) is 10.0. The molecule has 0 bridgehead atoms. The molecule has 1 fully saturated rings. The Morgan fingerprint density at radius 3 is 3.00 bits per heavy atom. The molecule has 1 aliphatic rings. The summed E-state index contributed by atoms with van der Waals surface area (Å²) in [5.74, 6) is 0. The van der Waals surface area contributed by atoms with E-state index in [-0.39, 0.29) is 17.7 Å². The lowest BCUT2D eigenvalue weighted by Crippen LogP contribution is -2.42. The molecule has 2 unspecified atom stereocenters. The minimum atomic E-state index is -0.263. The summed E-state index contributed by atoms with van der Waals surface area (Å²) in [5, 5.41) is 15.3. The molecule has 3 rings (SSSR count). The summed E-state index contributed by atoms with van der Waals surface area (Å²) in [6.45, 7) is 2.44. The predicted octanol–water partition coefficient (Wildman–Crippen LogP) is 1.19. The van der Waals surface area contributed by atoms with Gasteiger partial charge < -0.3 is 5.11 Å². The van der Waals surface area contributed by atoms with Crippen molar-refractivity contribution in [1.29, 1.82) is 0 Å². The van der Waals surface area contributed by atoms with Crippen molar-refractivity contribution < 1.29 is 5.11 Å². The molecule has 0 radical (unpaired) electrons. The molecule has 1 saturated carbocycles. The van der Waals surface area contributed by atoms with E-state index in [0.29, 0.717) is 17.2 Å². The van der Waals surface area contributed by atoms with Gasteiger partial charge in [0.1, 0.15) is 5.01 Å². The van der Waals surface area contributed by atoms with Crippen molar-refractivity contribution in [1.82, 2.24) is 19.5 Å². The fourth-order valence-electron chi connectivity index (χ4n) is 2.96. The molecule has 0 saturated heterocycles. The number of aliphatic hydroxyl groups is 1. The first kappa shape index (κ1) is 14.6. The first-order valence-electron chi connectivity index (χ1n) is 7.29. The zero-order valence-corrected chi connectivity index (χ0v) is 13.1. The highest BCUT2D eigenvalue weighted by molar-refractivity contribution is 7.16. The molecule has 2 aromatic heterocycles. The lowest BCUT2D eigenvalue weighted by Gasteiger charge is -2.34. The van der Waals surface area contributed by atoms with Crippen LogP contribution in [0.25, 0.3) is 4.96 Å². The van der Waals surface area contributed by atoms with Crippen molar-refractivity contribution in [2.75, 3.05) is 7.05 Å². The number of aryl methyl sites for hydroxylation is 1. The Balaban J connectivity index is 1.81. The average Bonchev–Trinajstić information content (AvgIpc) is 2.81. The summed E-state index contributed by atoms with van der Waals surface area (Å²) in [7, 11) is 2.01. The number of fused-ring (bicyclic) bond motifs is 1.